The van der Waals surface area contributed by atoms with Gasteiger partial charge in [0.2, 0.25) is 0 Å². The maximum Gasteiger partial charge on any atom is 0.410 e. The maximum atomic E-state index is 15.7. The minimum Gasteiger partial charge on any atom is -0.444 e. The Hall–Kier alpha value is -3.04. The summed E-state index contributed by atoms with van der Waals surface area (Å²) in [5.41, 5.74) is -1.62. The molecule has 1 aromatic carbocycles. The van der Waals surface area contributed by atoms with Crippen molar-refractivity contribution in [2.24, 2.45) is 0 Å². The number of halogens is 2. The number of carbonyl (C=O) groups is 1. The number of benzene rings is 1. The average molecular weight is 447 g/mol. The second-order valence-corrected chi connectivity index (χ2v) is 9.42. The van der Waals surface area contributed by atoms with Crippen LogP contribution >= 0.6 is 0 Å². The number of piperidine rings is 1. The zero-order chi connectivity index (χ0) is 23.3. The molecule has 172 valence electrons. The highest BCUT2D eigenvalue weighted by Crippen LogP contribution is 2.37. The van der Waals surface area contributed by atoms with Gasteiger partial charge in [-0.2, -0.15) is 14.8 Å². The first-order chi connectivity index (χ1) is 15.0. The quantitative estimate of drug-likeness (QED) is 0.570. The Bertz CT molecular complexity index is 1140. The molecule has 1 aliphatic rings. The molecule has 1 aliphatic heterocycles. The fourth-order valence-corrected chi connectivity index (χ4v) is 3.79. The predicted octanol–water partition coefficient (Wildman–Crippen LogP) is 4.87. The summed E-state index contributed by atoms with van der Waals surface area (Å²) in [5.74, 6) is -0.679. The number of rotatable bonds is 3. The van der Waals surface area contributed by atoms with E-state index in [9.17, 15) is 9.18 Å². The number of aromatic nitrogens is 4. The van der Waals surface area contributed by atoms with E-state index < -0.39 is 23.2 Å². The molecule has 0 atom stereocenters. The van der Waals surface area contributed by atoms with Crippen LogP contribution in [-0.4, -0.2) is 49.6 Å². The normalized spacial score (nSPS) is 16.7. The Morgan fingerprint density at radius 2 is 1.94 bits per heavy atom. The second-order valence-electron chi connectivity index (χ2n) is 9.42. The van der Waals surface area contributed by atoms with E-state index in [1.807, 2.05) is 13.8 Å². The number of likely N-dealkylation sites (tertiary alicyclic amines) is 1. The third-order valence-electron chi connectivity index (χ3n) is 5.42. The van der Waals surface area contributed by atoms with Crippen molar-refractivity contribution in [2.45, 2.75) is 64.6 Å². The number of nitrogens with zero attached hydrogens (tertiary/aromatic N) is 5. The number of fused-ring (bicyclic) bond motifs is 1. The molecule has 2 aromatic heterocycles. The van der Waals surface area contributed by atoms with Gasteiger partial charge in [0.25, 0.3) is 11.8 Å². The van der Waals surface area contributed by atoms with Gasteiger partial charge in [-0.25, -0.2) is 13.6 Å². The van der Waals surface area contributed by atoms with Gasteiger partial charge < -0.3 is 14.2 Å². The van der Waals surface area contributed by atoms with Crippen molar-refractivity contribution in [1.29, 1.82) is 0 Å². The van der Waals surface area contributed by atoms with Crippen LogP contribution in [0.5, 0.6) is 0 Å². The summed E-state index contributed by atoms with van der Waals surface area (Å²) in [7, 11) is 0. The molecule has 0 spiro atoms. The van der Waals surface area contributed by atoms with Crippen LogP contribution in [0.2, 0.25) is 0 Å². The van der Waals surface area contributed by atoms with Gasteiger partial charge in [-0.1, -0.05) is 26.0 Å². The van der Waals surface area contributed by atoms with E-state index in [1.165, 1.54) is 15.6 Å². The van der Waals surface area contributed by atoms with Crippen LogP contribution in [0.25, 0.3) is 16.9 Å². The summed E-state index contributed by atoms with van der Waals surface area (Å²) in [4.78, 5) is 17.9. The van der Waals surface area contributed by atoms with Gasteiger partial charge in [0.1, 0.15) is 16.9 Å². The molecule has 0 N–H and O–H groups in total. The molecule has 0 saturated carbocycles. The number of hydrogen-bond acceptors (Lipinski definition) is 6. The number of alkyl halides is 1. The van der Waals surface area contributed by atoms with Crippen LogP contribution in [0.4, 0.5) is 13.6 Å². The van der Waals surface area contributed by atoms with Crippen LogP contribution in [0.3, 0.4) is 0 Å². The molecule has 3 aromatic rings. The summed E-state index contributed by atoms with van der Waals surface area (Å²) >= 11 is 0. The fourth-order valence-electron chi connectivity index (χ4n) is 3.79. The van der Waals surface area contributed by atoms with E-state index in [4.69, 9.17) is 9.26 Å². The minimum absolute atomic E-state index is 0.0145. The lowest BCUT2D eigenvalue weighted by molar-refractivity contribution is -0.00617. The highest BCUT2D eigenvalue weighted by molar-refractivity contribution is 5.84. The SMILES string of the molecule is CC(C)c1nn(-c2noc(C3(F)CCN(C(=O)OC(C)(C)C)CC3)n2)c2c(F)cccc12. The molecule has 0 aliphatic carbocycles. The largest absolute Gasteiger partial charge is 0.444 e. The molecule has 10 heteroatoms. The van der Waals surface area contributed by atoms with Crippen molar-refractivity contribution >= 4 is 17.0 Å². The van der Waals surface area contributed by atoms with Crippen molar-refractivity contribution in [2.75, 3.05) is 13.1 Å². The van der Waals surface area contributed by atoms with Crippen molar-refractivity contribution in [3.8, 4) is 5.95 Å². The van der Waals surface area contributed by atoms with Crippen molar-refractivity contribution in [3.63, 3.8) is 0 Å². The molecule has 8 nitrogen and oxygen atoms in total. The molecule has 1 fully saturated rings. The van der Waals surface area contributed by atoms with Gasteiger partial charge in [0.15, 0.2) is 5.67 Å². The van der Waals surface area contributed by atoms with E-state index in [2.05, 4.69) is 15.2 Å². The van der Waals surface area contributed by atoms with Crippen LogP contribution in [0, 0.1) is 5.82 Å². The molecule has 32 heavy (non-hydrogen) atoms. The highest BCUT2D eigenvalue weighted by atomic mass is 19.1. The first-order valence-corrected chi connectivity index (χ1v) is 10.7. The topological polar surface area (TPSA) is 86.3 Å². The average Bonchev–Trinajstić information content (AvgIpc) is 3.33. The summed E-state index contributed by atoms with van der Waals surface area (Å²) in [5, 5.41) is 8.99. The van der Waals surface area contributed by atoms with Gasteiger partial charge in [0, 0.05) is 31.3 Å². The lowest BCUT2D eigenvalue weighted by atomic mass is 9.93. The Morgan fingerprint density at radius 1 is 1.25 bits per heavy atom. The predicted molar refractivity (Wildman–Crippen MR) is 113 cm³/mol. The minimum atomic E-state index is -1.90. The molecule has 4 rings (SSSR count). The van der Waals surface area contributed by atoms with Crippen molar-refractivity contribution < 1.29 is 22.8 Å². The lowest BCUT2D eigenvalue weighted by Gasteiger charge is -2.35. The third kappa shape index (κ3) is 4.05. The van der Waals surface area contributed by atoms with E-state index in [-0.39, 0.29) is 49.2 Å². The summed E-state index contributed by atoms with van der Waals surface area (Å²) in [6, 6.07) is 4.72. The van der Waals surface area contributed by atoms with Gasteiger partial charge in [-0.05, 0) is 37.9 Å². The third-order valence-corrected chi connectivity index (χ3v) is 5.42. The summed E-state index contributed by atoms with van der Waals surface area (Å²) < 4.78 is 42.1. The molecule has 0 radical (unpaired) electrons. The van der Waals surface area contributed by atoms with Crippen molar-refractivity contribution in [1.82, 2.24) is 24.8 Å². The highest BCUT2D eigenvalue weighted by Gasteiger charge is 2.43. The number of hydrogen-bond donors (Lipinski definition) is 0. The molecular formula is C22H27F2N5O3. The zero-order valence-corrected chi connectivity index (χ0v) is 18.9. The van der Waals surface area contributed by atoms with Crippen LogP contribution in [-0.2, 0) is 10.4 Å². The van der Waals surface area contributed by atoms with Gasteiger partial charge in [0.05, 0.1) is 5.69 Å². The van der Waals surface area contributed by atoms with Crippen LogP contribution in [0.1, 0.15) is 65.0 Å². The number of ether oxygens (including phenoxy) is 1. The maximum absolute atomic E-state index is 15.7. The van der Waals surface area contributed by atoms with Crippen molar-refractivity contribution in [3.05, 3.63) is 35.6 Å². The Morgan fingerprint density at radius 3 is 2.56 bits per heavy atom. The Balaban J connectivity index is 1.58. The van der Waals surface area contributed by atoms with Gasteiger partial charge >= 0.3 is 6.09 Å². The Labute approximate surface area is 184 Å². The van der Waals surface area contributed by atoms with E-state index in [1.54, 1.807) is 32.9 Å². The van der Waals surface area contributed by atoms with Gasteiger partial charge in [-0.15, -0.1) is 0 Å². The standard InChI is InChI=1S/C22H27F2N5O3/c1-13(2)16-14-7-6-8-15(23)17(14)29(26-16)19-25-18(32-27-19)22(24)9-11-28(12-10-22)20(30)31-21(3,4)5/h6-8,13H,9-12H2,1-5H3. The molecule has 0 bridgehead atoms. The molecule has 0 unspecified atom stereocenters. The molecule has 1 amide bonds. The Kier molecular flexibility index (Phi) is 5.42. The first-order valence-electron chi connectivity index (χ1n) is 10.7. The number of carbonyl (C=O) groups excluding carboxylic acids is 1. The second kappa shape index (κ2) is 7.83. The van der Waals surface area contributed by atoms with Crippen LogP contribution < -0.4 is 0 Å². The first kappa shape index (κ1) is 22.2. The molecule has 1 saturated heterocycles. The van der Waals surface area contributed by atoms with E-state index >= 15 is 4.39 Å². The van der Waals surface area contributed by atoms with Crippen LogP contribution in [0.15, 0.2) is 22.7 Å². The summed E-state index contributed by atoms with van der Waals surface area (Å²) in [6.45, 7) is 9.55. The monoisotopic (exact) mass is 447 g/mol. The van der Waals surface area contributed by atoms with E-state index in [0.29, 0.717) is 11.1 Å². The smallest absolute Gasteiger partial charge is 0.410 e. The molecule has 3 heterocycles. The number of para-hydroxylation sites is 1. The van der Waals surface area contributed by atoms with Gasteiger partial charge in [-0.3, -0.25) is 0 Å². The fraction of sp³-hybridized carbons (Fsp3) is 0.545. The summed E-state index contributed by atoms with van der Waals surface area (Å²) in [6.07, 6.45) is -0.510. The molecular weight excluding hydrogens is 420 g/mol. The lowest BCUT2D eigenvalue weighted by Crippen LogP contribution is -2.45. The zero-order valence-electron chi connectivity index (χ0n) is 18.9. The number of amides is 1. The van der Waals surface area contributed by atoms with E-state index in [0.717, 1.165) is 0 Å².